The number of cyclic esters (lactones) is 1. The molecule has 0 radical (unpaired) electrons. The molecule has 3 saturated heterocycles. The molecule has 128 valence electrons. The summed E-state index contributed by atoms with van der Waals surface area (Å²) in [6.07, 6.45) is -1.49. The summed E-state index contributed by atoms with van der Waals surface area (Å²) in [5.74, 6) is -3.76. The van der Waals surface area contributed by atoms with Crippen molar-refractivity contribution in [2.75, 3.05) is 6.61 Å². The van der Waals surface area contributed by atoms with Crippen molar-refractivity contribution < 1.29 is 38.8 Å². The second-order valence-corrected chi connectivity index (χ2v) is 6.35. The van der Waals surface area contributed by atoms with Crippen LogP contribution in [0, 0.1) is 5.92 Å². The molecule has 1 spiro atoms. The summed E-state index contributed by atoms with van der Waals surface area (Å²) >= 11 is 0. The largest absolute Gasteiger partial charge is 0.502 e. The first kappa shape index (κ1) is 15.3. The molecule has 1 aromatic heterocycles. The van der Waals surface area contributed by atoms with E-state index in [0.717, 1.165) is 6.07 Å². The predicted octanol–water partition coefficient (Wildman–Crippen LogP) is -1.30. The molecule has 24 heavy (non-hydrogen) atoms. The number of fused-ring (bicyclic) bond motifs is 1. The van der Waals surface area contributed by atoms with Gasteiger partial charge < -0.3 is 29.2 Å². The number of aliphatic hydroxyl groups is 2. The highest BCUT2D eigenvalue weighted by Gasteiger charge is 2.70. The molecule has 4 atom stereocenters. The molecule has 1 aromatic rings. The molecule has 3 aliphatic heterocycles. The van der Waals surface area contributed by atoms with Crippen LogP contribution in [-0.2, 0) is 31.3 Å². The normalized spacial score (nSPS) is 37.4. The van der Waals surface area contributed by atoms with Crippen molar-refractivity contribution in [3.05, 3.63) is 27.8 Å². The molecule has 9 nitrogen and oxygen atoms in total. The van der Waals surface area contributed by atoms with Gasteiger partial charge in [0.25, 0.3) is 0 Å². The van der Waals surface area contributed by atoms with E-state index in [1.165, 1.54) is 0 Å². The molecule has 3 fully saturated rings. The summed E-state index contributed by atoms with van der Waals surface area (Å²) in [6, 6.07) is 0.860. The Morgan fingerprint density at radius 1 is 1.29 bits per heavy atom. The first-order valence-corrected chi connectivity index (χ1v) is 7.39. The van der Waals surface area contributed by atoms with E-state index in [1.807, 2.05) is 0 Å². The molecule has 0 aliphatic carbocycles. The van der Waals surface area contributed by atoms with Crippen LogP contribution in [0.2, 0.25) is 0 Å². The highest BCUT2D eigenvalue weighted by atomic mass is 16.6. The van der Waals surface area contributed by atoms with Gasteiger partial charge >= 0.3 is 5.97 Å². The van der Waals surface area contributed by atoms with Crippen LogP contribution in [-0.4, -0.2) is 45.4 Å². The van der Waals surface area contributed by atoms with Gasteiger partial charge in [-0.05, 0) is 6.42 Å². The number of aliphatic hydroxyl groups excluding tert-OH is 1. The molecular formula is C15H14O9. The van der Waals surface area contributed by atoms with Crippen LogP contribution >= 0.6 is 0 Å². The summed E-state index contributed by atoms with van der Waals surface area (Å²) in [7, 11) is 0. The zero-order valence-corrected chi connectivity index (χ0v) is 12.4. The highest BCUT2D eigenvalue weighted by molar-refractivity contribution is 5.93. The van der Waals surface area contributed by atoms with Crippen molar-refractivity contribution in [2.45, 2.75) is 36.8 Å². The predicted molar refractivity (Wildman–Crippen MR) is 72.8 cm³/mol. The maximum atomic E-state index is 12.7. The first-order valence-electron chi connectivity index (χ1n) is 7.39. The number of rotatable bonds is 2. The van der Waals surface area contributed by atoms with Crippen molar-refractivity contribution in [2.24, 2.45) is 5.92 Å². The van der Waals surface area contributed by atoms with Crippen molar-refractivity contribution >= 4 is 11.8 Å². The first-order chi connectivity index (χ1) is 11.3. The minimum absolute atomic E-state index is 0.00637. The molecule has 0 amide bonds. The Morgan fingerprint density at radius 2 is 2.04 bits per heavy atom. The molecule has 4 rings (SSSR count). The monoisotopic (exact) mass is 338 g/mol. The quantitative estimate of drug-likeness (QED) is 0.560. The van der Waals surface area contributed by atoms with Crippen LogP contribution in [0.3, 0.4) is 0 Å². The molecule has 2 bridgehead atoms. The van der Waals surface area contributed by atoms with Gasteiger partial charge in [0, 0.05) is 12.5 Å². The van der Waals surface area contributed by atoms with E-state index < -0.39 is 58.5 Å². The van der Waals surface area contributed by atoms with Crippen LogP contribution in [0.25, 0.3) is 0 Å². The molecule has 3 aliphatic rings. The van der Waals surface area contributed by atoms with E-state index >= 15 is 0 Å². The van der Waals surface area contributed by atoms with Crippen molar-refractivity contribution in [3.63, 3.8) is 0 Å². The number of carbonyl (C=O) groups excluding carboxylic acids is 2. The second-order valence-electron chi connectivity index (χ2n) is 6.35. The van der Waals surface area contributed by atoms with Gasteiger partial charge in [-0.1, -0.05) is 0 Å². The van der Waals surface area contributed by atoms with Gasteiger partial charge in [-0.3, -0.25) is 14.4 Å². The third kappa shape index (κ3) is 1.71. The van der Waals surface area contributed by atoms with Gasteiger partial charge in [-0.2, -0.15) is 0 Å². The molecule has 9 heteroatoms. The number of hydrogen-bond acceptors (Lipinski definition) is 9. The summed E-state index contributed by atoms with van der Waals surface area (Å²) in [4.78, 5) is 36.3. The lowest BCUT2D eigenvalue weighted by molar-refractivity contribution is -0.200. The van der Waals surface area contributed by atoms with Gasteiger partial charge in [-0.25, -0.2) is 0 Å². The van der Waals surface area contributed by atoms with E-state index in [4.69, 9.17) is 19.0 Å². The van der Waals surface area contributed by atoms with Gasteiger partial charge in [-0.15, -0.1) is 0 Å². The zero-order chi connectivity index (χ0) is 17.3. The number of esters is 1. The summed E-state index contributed by atoms with van der Waals surface area (Å²) < 4.78 is 15.9. The Bertz CT molecular complexity index is 812. The van der Waals surface area contributed by atoms with E-state index in [-0.39, 0.29) is 25.2 Å². The minimum Gasteiger partial charge on any atom is -0.502 e. The number of Topliss-reactive ketones (excluding diaryl/α,β-unsaturated/α-hetero) is 1. The molecule has 0 unspecified atom stereocenters. The lowest BCUT2D eigenvalue weighted by Gasteiger charge is -2.39. The standard InChI is InChI=1S/C15H14O9/c16-4-6-1-8(17)11(19)12(23-6)15(21)9(18)3-14-5-22-13(20)7(14)2-10(15)24-14/h1,7,10,16,19,21H,2-5H2/t7-,10+,14+,15-/m1/s1. The van der Waals surface area contributed by atoms with E-state index in [0.29, 0.717) is 0 Å². The Hall–Kier alpha value is -2.23. The number of aromatic hydroxyl groups is 1. The van der Waals surface area contributed by atoms with Gasteiger partial charge in [0.05, 0.1) is 5.92 Å². The van der Waals surface area contributed by atoms with E-state index in [9.17, 15) is 24.6 Å². The Kier molecular flexibility index (Phi) is 2.97. The van der Waals surface area contributed by atoms with Crippen molar-refractivity contribution in [1.82, 2.24) is 0 Å². The third-order valence-electron chi connectivity index (χ3n) is 5.03. The summed E-state index contributed by atoms with van der Waals surface area (Å²) in [5.41, 5.74) is -4.43. The van der Waals surface area contributed by atoms with Crippen LogP contribution in [0.1, 0.15) is 24.4 Å². The fraction of sp³-hybridized carbons (Fsp3) is 0.533. The third-order valence-corrected chi connectivity index (χ3v) is 5.03. The zero-order valence-electron chi connectivity index (χ0n) is 12.4. The van der Waals surface area contributed by atoms with Crippen LogP contribution < -0.4 is 5.43 Å². The Balaban J connectivity index is 1.85. The maximum absolute atomic E-state index is 12.7. The molecule has 4 heterocycles. The van der Waals surface area contributed by atoms with Crippen molar-refractivity contribution in [3.8, 4) is 5.75 Å². The topological polar surface area (TPSA) is 144 Å². The Morgan fingerprint density at radius 3 is 2.75 bits per heavy atom. The van der Waals surface area contributed by atoms with Crippen molar-refractivity contribution in [1.29, 1.82) is 0 Å². The number of ether oxygens (including phenoxy) is 2. The lowest BCUT2D eigenvalue weighted by Crippen LogP contribution is -2.55. The van der Waals surface area contributed by atoms with Crippen LogP contribution in [0.15, 0.2) is 15.3 Å². The van der Waals surface area contributed by atoms with Crippen LogP contribution in [0.5, 0.6) is 5.75 Å². The fourth-order valence-electron chi connectivity index (χ4n) is 3.78. The molecule has 3 N–H and O–H groups in total. The van der Waals surface area contributed by atoms with Gasteiger partial charge in [0.15, 0.2) is 11.5 Å². The number of hydrogen-bond donors (Lipinski definition) is 3. The molecule has 0 saturated carbocycles. The number of carbonyl (C=O) groups is 2. The molecular weight excluding hydrogens is 324 g/mol. The lowest BCUT2D eigenvalue weighted by atomic mass is 9.82. The van der Waals surface area contributed by atoms with E-state index in [1.54, 1.807) is 0 Å². The van der Waals surface area contributed by atoms with E-state index in [2.05, 4.69) is 0 Å². The summed E-state index contributed by atoms with van der Waals surface area (Å²) in [5, 5.41) is 30.1. The average molecular weight is 338 g/mol. The van der Waals surface area contributed by atoms with Crippen LogP contribution in [0.4, 0.5) is 0 Å². The smallest absolute Gasteiger partial charge is 0.312 e. The highest BCUT2D eigenvalue weighted by Crippen LogP contribution is 2.54. The van der Waals surface area contributed by atoms with Gasteiger partial charge in [0.1, 0.15) is 30.7 Å². The summed E-state index contributed by atoms with van der Waals surface area (Å²) in [6.45, 7) is -0.737. The molecule has 0 aromatic carbocycles. The average Bonchev–Trinajstić information content (AvgIpc) is 3.03. The maximum Gasteiger partial charge on any atom is 0.312 e. The fourth-order valence-corrected chi connectivity index (χ4v) is 3.78. The minimum atomic E-state index is -2.41. The SMILES string of the molecule is O=C1OC[C@@]23CC(=O)[C@](O)(c4oc(CO)cc(=O)c4O)[C@H](C[C@H]12)O3. The number of ketones is 1. The Labute approximate surface area is 134 Å². The van der Waals surface area contributed by atoms with Gasteiger partial charge in [0.2, 0.25) is 16.8 Å². The second kappa shape index (κ2) is 4.65.